The first-order valence-electron chi connectivity index (χ1n) is 11.1. The Labute approximate surface area is 206 Å². The Morgan fingerprint density at radius 1 is 1.00 bits per heavy atom. The fraction of sp³-hybridized carbons (Fsp3) is 0.269. The van der Waals surface area contributed by atoms with E-state index in [2.05, 4.69) is 5.32 Å². The van der Waals surface area contributed by atoms with Crippen molar-refractivity contribution in [1.82, 2.24) is 14.5 Å². The van der Waals surface area contributed by atoms with Crippen LogP contribution in [0.25, 0.3) is 10.2 Å². The number of carbonyl (C=O) groups is 1. The molecule has 2 heterocycles. The molecule has 182 valence electrons. The van der Waals surface area contributed by atoms with E-state index in [1.807, 2.05) is 44.2 Å². The van der Waals surface area contributed by atoms with E-state index < -0.39 is 5.69 Å². The van der Waals surface area contributed by atoms with Crippen molar-refractivity contribution in [3.05, 3.63) is 90.9 Å². The van der Waals surface area contributed by atoms with Gasteiger partial charge in [0.2, 0.25) is 5.91 Å². The third-order valence-corrected chi connectivity index (χ3v) is 6.90. The molecule has 0 aliphatic rings. The Balaban J connectivity index is 1.62. The number of rotatable bonds is 8. The predicted octanol–water partition coefficient (Wildman–Crippen LogP) is 3.22. The molecule has 1 amide bonds. The second-order valence-corrected chi connectivity index (χ2v) is 9.16. The number of nitrogens with one attached hydrogen (secondary N) is 1. The average Bonchev–Trinajstić information content (AvgIpc) is 3.35. The minimum atomic E-state index is -0.520. The van der Waals surface area contributed by atoms with Crippen LogP contribution in [0.1, 0.15) is 22.3 Å². The summed E-state index contributed by atoms with van der Waals surface area (Å²) in [6, 6.07) is 13.0. The number of methoxy groups -OCH3 is 2. The number of nitrogens with zero attached hydrogens (tertiary/aromatic N) is 2. The van der Waals surface area contributed by atoms with Gasteiger partial charge in [0.25, 0.3) is 5.56 Å². The van der Waals surface area contributed by atoms with Gasteiger partial charge in [-0.1, -0.05) is 30.3 Å². The van der Waals surface area contributed by atoms with Gasteiger partial charge in [-0.15, -0.1) is 11.3 Å². The molecule has 0 aliphatic carbocycles. The SMILES string of the molecule is COc1cccc(CNC(=O)Cn2c(=O)n(Cc3ccc(C)c(C)c3)c(=O)c3sccc32)c1OC. The van der Waals surface area contributed by atoms with Crippen LogP contribution in [-0.4, -0.2) is 29.3 Å². The Morgan fingerprint density at radius 3 is 2.51 bits per heavy atom. The number of para-hydroxylation sites is 1. The number of aryl methyl sites for hydroxylation is 2. The summed E-state index contributed by atoms with van der Waals surface area (Å²) >= 11 is 1.26. The summed E-state index contributed by atoms with van der Waals surface area (Å²) in [7, 11) is 3.08. The Kier molecular flexibility index (Phi) is 7.07. The maximum atomic E-state index is 13.4. The average molecular weight is 494 g/mol. The van der Waals surface area contributed by atoms with Gasteiger partial charge in [-0.25, -0.2) is 4.79 Å². The molecule has 8 nitrogen and oxygen atoms in total. The van der Waals surface area contributed by atoms with Gasteiger partial charge in [0.1, 0.15) is 11.2 Å². The quantitative estimate of drug-likeness (QED) is 0.407. The second-order valence-electron chi connectivity index (χ2n) is 8.24. The second kappa shape index (κ2) is 10.2. The van der Waals surface area contributed by atoms with E-state index in [1.54, 1.807) is 24.6 Å². The highest BCUT2D eigenvalue weighted by molar-refractivity contribution is 7.17. The summed E-state index contributed by atoms with van der Waals surface area (Å²) in [6.07, 6.45) is 0. The maximum Gasteiger partial charge on any atom is 0.332 e. The zero-order valence-corrected chi connectivity index (χ0v) is 20.9. The monoisotopic (exact) mass is 493 g/mol. The number of thiophene rings is 1. The standard InChI is InChI=1S/C26H27N3O5S/c1-16-8-9-18(12-17(16)2)14-29-25(31)24-20(10-11-35-24)28(26(29)32)15-22(30)27-13-19-6-5-7-21(33-3)23(19)34-4/h5-12H,13-15H2,1-4H3,(H,27,30). The highest BCUT2D eigenvalue weighted by Crippen LogP contribution is 2.30. The molecule has 9 heteroatoms. The molecule has 0 spiro atoms. The lowest BCUT2D eigenvalue weighted by molar-refractivity contribution is -0.121. The molecule has 0 bridgehead atoms. The minimum Gasteiger partial charge on any atom is -0.493 e. The Hall–Kier alpha value is -3.85. The molecule has 35 heavy (non-hydrogen) atoms. The minimum absolute atomic E-state index is 0.134. The summed E-state index contributed by atoms with van der Waals surface area (Å²) in [4.78, 5) is 39.3. The van der Waals surface area contributed by atoms with Crippen LogP contribution in [0.5, 0.6) is 11.5 Å². The summed E-state index contributed by atoms with van der Waals surface area (Å²) in [5.41, 5.74) is 3.40. The van der Waals surface area contributed by atoms with E-state index in [9.17, 15) is 14.4 Å². The van der Waals surface area contributed by atoms with Gasteiger partial charge in [0, 0.05) is 12.1 Å². The Bertz CT molecular complexity index is 1520. The molecule has 0 fully saturated rings. The fourth-order valence-corrected chi connectivity index (χ4v) is 4.84. The summed E-state index contributed by atoms with van der Waals surface area (Å²) < 4.78 is 13.7. The summed E-state index contributed by atoms with van der Waals surface area (Å²) in [6.45, 7) is 4.11. The van der Waals surface area contributed by atoms with E-state index in [-0.39, 0.29) is 31.1 Å². The van der Waals surface area contributed by atoms with E-state index >= 15 is 0 Å². The van der Waals surface area contributed by atoms with Gasteiger partial charge < -0.3 is 14.8 Å². The lowest BCUT2D eigenvalue weighted by Crippen LogP contribution is -2.42. The molecule has 0 aliphatic heterocycles. The number of fused-ring (bicyclic) bond motifs is 1. The van der Waals surface area contributed by atoms with Crippen molar-refractivity contribution in [2.75, 3.05) is 14.2 Å². The van der Waals surface area contributed by atoms with Gasteiger partial charge >= 0.3 is 5.69 Å². The van der Waals surface area contributed by atoms with Crippen LogP contribution in [-0.2, 0) is 24.4 Å². The van der Waals surface area contributed by atoms with Crippen LogP contribution in [0, 0.1) is 13.8 Å². The van der Waals surface area contributed by atoms with E-state index in [1.165, 1.54) is 27.6 Å². The molecular weight excluding hydrogens is 466 g/mol. The smallest absolute Gasteiger partial charge is 0.332 e. The lowest BCUT2D eigenvalue weighted by Gasteiger charge is -2.15. The van der Waals surface area contributed by atoms with Crippen molar-refractivity contribution < 1.29 is 14.3 Å². The van der Waals surface area contributed by atoms with Crippen molar-refractivity contribution >= 4 is 27.5 Å². The molecule has 0 unspecified atom stereocenters. The third kappa shape index (κ3) is 4.85. The largest absolute Gasteiger partial charge is 0.493 e. The van der Waals surface area contributed by atoms with Gasteiger partial charge in [-0.05, 0) is 48.1 Å². The predicted molar refractivity (Wildman–Crippen MR) is 137 cm³/mol. The lowest BCUT2D eigenvalue weighted by atomic mass is 10.1. The van der Waals surface area contributed by atoms with Crippen molar-refractivity contribution in [3.8, 4) is 11.5 Å². The first-order chi connectivity index (χ1) is 16.8. The van der Waals surface area contributed by atoms with Crippen LogP contribution < -0.4 is 26.0 Å². The van der Waals surface area contributed by atoms with Gasteiger partial charge in [-0.3, -0.25) is 18.7 Å². The fourth-order valence-electron chi connectivity index (χ4n) is 4.00. The van der Waals surface area contributed by atoms with Crippen LogP contribution in [0.4, 0.5) is 0 Å². The van der Waals surface area contributed by atoms with E-state index in [4.69, 9.17) is 9.47 Å². The van der Waals surface area contributed by atoms with Crippen LogP contribution in [0.15, 0.2) is 57.4 Å². The van der Waals surface area contributed by atoms with E-state index in [0.29, 0.717) is 21.7 Å². The van der Waals surface area contributed by atoms with Crippen LogP contribution in [0.3, 0.4) is 0 Å². The van der Waals surface area contributed by atoms with Crippen molar-refractivity contribution in [1.29, 1.82) is 0 Å². The number of carbonyl (C=O) groups excluding carboxylic acids is 1. The molecule has 1 N–H and O–H groups in total. The van der Waals surface area contributed by atoms with Crippen LogP contribution in [0.2, 0.25) is 0 Å². The Morgan fingerprint density at radius 2 is 1.80 bits per heavy atom. The summed E-state index contributed by atoms with van der Waals surface area (Å²) in [5, 5.41) is 4.59. The maximum absolute atomic E-state index is 13.4. The number of hydrogen-bond acceptors (Lipinski definition) is 6. The molecule has 0 saturated heterocycles. The molecule has 0 radical (unpaired) electrons. The van der Waals surface area contributed by atoms with Gasteiger partial charge in [0.05, 0.1) is 26.3 Å². The third-order valence-electron chi connectivity index (χ3n) is 6.01. The normalized spacial score (nSPS) is 11.0. The number of amides is 1. The molecular formula is C26H27N3O5S. The molecule has 2 aromatic carbocycles. The number of ether oxygens (including phenoxy) is 2. The summed E-state index contributed by atoms with van der Waals surface area (Å²) in [5.74, 6) is 0.740. The van der Waals surface area contributed by atoms with Crippen molar-refractivity contribution in [3.63, 3.8) is 0 Å². The molecule has 4 rings (SSSR count). The molecule has 0 atom stereocenters. The highest BCUT2D eigenvalue weighted by Gasteiger charge is 2.17. The van der Waals surface area contributed by atoms with Crippen LogP contribution >= 0.6 is 11.3 Å². The zero-order valence-electron chi connectivity index (χ0n) is 20.1. The van der Waals surface area contributed by atoms with Crippen molar-refractivity contribution in [2.45, 2.75) is 33.5 Å². The first kappa shape index (κ1) is 24.3. The molecule has 0 saturated carbocycles. The van der Waals surface area contributed by atoms with Gasteiger partial charge in [0.15, 0.2) is 11.5 Å². The number of benzene rings is 2. The van der Waals surface area contributed by atoms with Crippen molar-refractivity contribution in [2.24, 2.45) is 0 Å². The topological polar surface area (TPSA) is 91.6 Å². The zero-order chi connectivity index (χ0) is 25.1. The number of aromatic nitrogens is 2. The molecule has 4 aromatic rings. The molecule has 2 aromatic heterocycles. The first-order valence-corrected chi connectivity index (χ1v) is 12.0. The highest BCUT2D eigenvalue weighted by atomic mass is 32.1. The number of hydrogen-bond donors (Lipinski definition) is 1. The van der Waals surface area contributed by atoms with Gasteiger partial charge in [-0.2, -0.15) is 0 Å². The van der Waals surface area contributed by atoms with E-state index in [0.717, 1.165) is 22.3 Å².